The molecule has 1 aromatic rings. The number of aliphatic hydroxyl groups excluding tert-OH is 1. The number of benzene rings is 1. The molecule has 0 spiro atoms. The van der Waals surface area contributed by atoms with Gasteiger partial charge in [-0.05, 0) is 5.56 Å². The van der Waals surface area contributed by atoms with Crippen LogP contribution in [0.5, 0.6) is 0 Å². The highest BCUT2D eigenvalue weighted by atomic mass is 35.5. The third-order valence-corrected chi connectivity index (χ3v) is 2.16. The summed E-state index contributed by atoms with van der Waals surface area (Å²) in [4.78, 5) is 11.0. The van der Waals surface area contributed by atoms with Gasteiger partial charge in [-0.1, -0.05) is 18.2 Å². The van der Waals surface area contributed by atoms with Crippen molar-refractivity contribution in [3.05, 3.63) is 35.1 Å². The van der Waals surface area contributed by atoms with Crippen molar-refractivity contribution in [3.63, 3.8) is 0 Å². The summed E-state index contributed by atoms with van der Waals surface area (Å²) in [5.41, 5.74) is 0.479. The second-order valence-electron chi connectivity index (χ2n) is 2.90. The summed E-state index contributed by atoms with van der Waals surface area (Å²) in [5.74, 6) is -0.878. The Hall–Kier alpha value is -0.930. The van der Waals surface area contributed by atoms with Gasteiger partial charge in [0.1, 0.15) is 5.82 Å². The Labute approximate surface area is 86.3 Å². The number of carbonyl (C=O) groups excluding carboxylic acids is 1. The van der Waals surface area contributed by atoms with E-state index in [0.29, 0.717) is 0 Å². The van der Waals surface area contributed by atoms with E-state index >= 15 is 0 Å². The van der Waals surface area contributed by atoms with E-state index < -0.39 is 5.82 Å². The summed E-state index contributed by atoms with van der Waals surface area (Å²) >= 11 is 5.31. The highest BCUT2D eigenvalue weighted by Crippen LogP contribution is 2.13. The molecule has 4 heteroatoms. The van der Waals surface area contributed by atoms with Crippen LogP contribution in [0.25, 0.3) is 0 Å². The zero-order valence-corrected chi connectivity index (χ0v) is 8.22. The Kier molecular flexibility index (Phi) is 4.04. The highest BCUT2D eigenvalue weighted by Gasteiger charge is 2.10. The van der Waals surface area contributed by atoms with E-state index in [-0.39, 0.29) is 35.8 Å². The molecular formula is C10H10ClFO2. The maximum absolute atomic E-state index is 13.4. The number of rotatable bonds is 4. The minimum absolute atomic E-state index is 0.0246. The van der Waals surface area contributed by atoms with Crippen LogP contribution in [0.1, 0.15) is 11.1 Å². The molecule has 0 aliphatic rings. The molecule has 0 fully saturated rings. The smallest absolute Gasteiger partial charge is 0.152 e. The van der Waals surface area contributed by atoms with E-state index in [1.807, 2.05) is 0 Å². The molecule has 1 aromatic carbocycles. The van der Waals surface area contributed by atoms with Gasteiger partial charge in [-0.15, -0.1) is 11.6 Å². The average Bonchev–Trinajstić information content (AvgIpc) is 2.21. The minimum Gasteiger partial charge on any atom is -0.392 e. The summed E-state index contributed by atoms with van der Waals surface area (Å²) in [6.45, 7) is -0.366. The molecular weight excluding hydrogens is 207 g/mol. The Morgan fingerprint density at radius 1 is 1.43 bits per heavy atom. The molecule has 0 atom stereocenters. The molecule has 0 unspecified atom stereocenters. The fourth-order valence-electron chi connectivity index (χ4n) is 1.15. The van der Waals surface area contributed by atoms with Crippen LogP contribution in [0.15, 0.2) is 18.2 Å². The van der Waals surface area contributed by atoms with Gasteiger partial charge in [-0.2, -0.15) is 0 Å². The molecule has 0 saturated carbocycles. The highest BCUT2D eigenvalue weighted by molar-refractivity contribution is 6.27. The fourth-order valence-corrected chi connectivity index (χ4v) is 1.25. The molecule has 0 bridgehead atoms. The summed E-state index contributed by atoms with van der Waals surface area (Å²) in [7, 11) is 0. The molecule has 0 saturated heterocycles. The van der Waals surface area contributed by atoms with Gasteiger partial charge >= 0.3 is 0 Å². The lowest BCUT2D eigenvalue weighted by Gasteiger charge is -2.04. The van der Waals surface area contributed by atoms with Crippen molar-refractivity contribution < 1.29 is 14.3 Å². The van der Waals surface area contributed by atoms with Crippen molar-refractivity contribution in [2.45, 2.75) is 13.0 Å². The first-order valence-electron chi connectivity index (χ1n) is 4.13. The first-order chi connectivity index (χ1) is 6.69. The number of alkyl halides is 1. The monoisotopic (exact) mass is 216 g/mol. The summed E-state index contributed by atoms with van der Waals surface area (Å²) in [6.07, 6.45) is -0.0246. The second-order valence-corrected chi connectivity index (χ2v) is 3.16. The fraction of sp³-hybridized carbons (Fsp3) is 0.300. The molecule has 0 aliphatic heterocycles. The van der Waals surface area contributed by atoms with E-state index in [2.05, 4.69) is 0 Å². The third-order valence-electron chi connectivity index (χ3n) is 1.87. The Morgan fingerprint density at radius 3 is 2.64 bits per heavy atom. The number of hydrogen-bond donors (Lipinski definition) is 1. The number of ketones is 1. The van der Waals surface area contributed by atoms with Gasteiger partial charge in [0.2, 0.25) is 0 Å². The van der Waals surface area contributed by atoms with Crippen LogP contribution in [-0.2, 0) is 17.8 Å². The Bertz CT molecular complexity index is 339. The van der Waals surface area contributed by atoms with Gasteiger partial charge in [-0.3, -0.25) is 4.79 Å². The van der Waals surface area contributed by atoms with Crippen molar-refractivity contribution in [1.82, 2.24) is 0 Å². The quantitative estimate of drug-likeness (QED) is 0.778. The van der Waals surface area contributed by atoms with Crippen LogP contribution in [0, 0.1) is 5.82 Å². The van der Waals surface area contributed by atoms with Crippen LogP contribution < -0.4 is 0 Å². The van der Waals surface area contributed by atoms with E-state index in [4.69, 9.17) is 16.7 Å². The van der Waals surface area contributed by atoms with Gasteiger partial charge < -0.3 is 5.11 Å². The number of Topliss-reactive ketones (excluding diaryl/α,β-unsaturated/α-hetero) is 1. The standard InChI is InChI=1S/C10H10ClFO2/c11-5-9(14)4-7-2-1-3-8(6-13)10(7)12/h1-3,13H,4-6H2. The predicted octanol–water partition coefficient (Wildman–Crippen LogP) is 1.67. The molecule has 0 heterocycles. The molecule has 0 aliphatic carbocycles. The average molecular weight is 217 g/mol. The largest absolute Gasteiger partial charge is 0.392 e. The van der Waals surface area contributed by atoms with Crippen LogP contribution in [0.3, 0.4) is 0 Å². The number of hydrogen-bond acceptors (Lipinski definition) is 2. The number of carbonyl (C=O) groups is 1. The van der Waals surface area contributed by atoms with Gasteiger partial charge in [0.15, 0.2) is 5.78 Å². The number of aliphatic hydroxyl groups is 1. The SMILES string of the molecule is O=C(CCl)Cc1cccc(CO)c1F. The van der Waals surface area contributed by atoms with Crippen LogP contribution in [0.2, 0.25) is 0 Å². The van der Waals surface area contributed by atoms with Gasteiger partial charge in [0, 0.05) is 12.0 Å². The molecule has 1 N–H and O–H groups in total. The molecule has 2 nitrogen and oxygen atoms in total. The van der Waals surface area contributed by atoms with Gasteiger partial charge in [0.05, 0.1) is 12.5 Å². The van der Waals surface area contributed by atoms with Gasteiger partial charge in [-0.25, -0.2) is 4.39 Å². The van der Waals surface area contributed by atoms with Crippen molar-refractivity contribution in [2.75, 3.05) is 5.88 Å². The van der Waals surface area contributed by atoms with Crippen LogP contribution >= 0.6 is 11.6 Å². The summed E-state index contributed by atoms with van der Waals surface area (Å²) < 4.78 is 13.4. The third kappa shape index (κ3) is 2.53. The lowest BCUT2D eigenvalue weighted by atomic mass is 10.1. The predicted molar refractivity (Wildman–Crippen MR) is 51.8 cm³/mol. The molecule has 14 heavy (non-hydrogen) atoms. The van der Waals surface area contributed by atoms with Crippen LogP contribution in [-0.4, -0.2) is 16.8 Å². The maximum Gasteiger partial charge on any atom is 0.152 e. The van der Waals surface area contributed by atoms with Gasteiger partial charge in [0.25, 0.3) is 0 Å². The van der Waals surface area contributed by atoms with E-state index in [0.717, 1.165) is 0 Å². The molecule has 0 radical (unpaired) electrons. The number of halogens is 2. The summed E-state index contributed by atoms with van der Waals surface area (Å²) in [6, 6.07) is 4.59. The van der Waals surface area contributed by atoms with E-state index in [1.165, 1.54) is 12.1 Å². The van der Waals surface area contributed by atoms with Crippen LogP contribution in [0.4, 0.5) is 4.39 Å². The molecule has 1 rings (SSSR count). The lowest BCUT2D eigenvalue weighted by molar-refractivity contribution is -0.116. The molecule has 76 valence electrons. The van der Waals surface area contributed by atoms with E-state index in [9.17, 15) is 9.18 Å². The van der Waals surface area contributed by atoms with Crippen molar-refractivity contribution in [2.24, 2.45) is 0 Å². The first kappa shape index (κ1) is 11.1. The first-order valence-corrected chi connectivity index (χ1v) is 4.67. The van der Waals surface area contributed by atoms with E-state index in [1.54, 1.807) is 6.07 Å². The Morgan fingerprint density at radius 2 is 2.07 bits per heavy atom. The topological polar surface area (TPSA) is 37.3 Å². The molecule has 0 aromatic heterocycles. The van der Waals surface area contributed by atoms with Crippen molar-refractivity contribution in [1.29, 1.82) is 0 Å². The summed E-state index contributed by atoms with van der Waals surface area (Å²) in [5, 5.41) is 8.78. The zero-order valence-electron chi connectivity index (χ0n) is 7.46. The van der Waals surface area contributed by atoms with Crippen molar-refractivity contribution in [3.8, 4) is 0 Å². The minimum atomic E-state index is -0.520. The molecule has 0 amide bonds. The zero-order chi connectivity index (χ0) is 10.6. The lowest BCUT2D eigenvalue weighted by Crippen LogP contribution is -2.07. The van der Waals surface area contributed by atoms with Crippen molar-refractivity contribution >= 4 is 17.4 Å². The Balaban J connectivity index is 2.92. The normalized spacial score (nSPS) is 10.2. The second kappa shape index (κ2) is 5.08. The maximum atomic E-state index is 13.4.